The highest BCUT2D eigenvalue weighted by atomic mass is 32.2. The highest BCUT2D eigenvalue weighted by molar-refractivity contribution is 7.99. The first-order valence-electron chi connectivity index (χ1n) is 6.05. The van der Waals surface area contributed by atoms with Crippen molar-refractivity contribution in [3.05, 3.63) is 34.4 Å². The van der Waals surface area contributed by atoms with Crippen LogP contribution in [0.15, 0.2) is 33.3 Å². The fourth-order valence-corrected chi connectivity index (χ4v) is 2.65. The van der Waals surface area contributed by atoms with Crippen LogP contribution in [0.3, 0.4) is 0 Å². The summed E-state index contributed by atoms with van der Waals surface area (Å²) in [6.07, 6.45) is 1.71. The lowest BCUT2D eigenvalue weighted by atomic mass is 10.1. The zero-order valence-corrected chi connectivity index (χ0v) is 11.9. The summed E-state index contributed by atoms with van der Waals surface area (Å²) in [5.41, 5.74) is 6.64. The summed E-state index contributed by atoms with van der Waals surface area (Å²) in [4.78, 5) is 15.9. The molecule has 2 aromatic rings. The molecule has 19 heavy (non-hydrogen) atoms. The van der Waals surface area contributed by atoms with Gasteiger partial charge in [0.25, 0.3) is 0 Å². The van der Waals surface area contributed by atoms with Crippen molar-refractivity contribution >= 4 is 11.8 Å². The summed E-state index contributed by atoms with van der Waals surface area (Å²) >= 11 is 1.35. The Balaban J connectivity index is 2.31. The summed E-state index contributed by atoms with van der Waals surface area (Å²) < 4.78 is 1.60. The molecule has 0 aliphatic heterocycles. The zero-order chi connectivity index (χ0) is 14.0. The molecule has 0 amide bonds. The number of aromatic amines is 1. The summed E-state index contributed by atoms with van der Waals surface area (Å²) in [5.74, 6) is 0. The number of hydrogen-bond donors (Lipinski definition) is 2. The molecule has 7 heteroatoms. The number of pyridine rings is 1. The summed E-state index contributed by atoms with van der Waals surface area (Å²) in [5, 5.41) is 7.86. The molecule has 0 unspecified atom stereocenters. The van der Waals surface area contributed by atoms with Gasteiger partial charge in [0, 0.05) is 18.3 Å². The van der Waals surface area contributed by atoms with Crippen molar-refractivity contribution in [1.82, 2.24) is 19.7 Å². The van der Waals surface area contributed by atoms with Gasteiger partial charge in [-0.05, 0) is 50.2 Å². The van der Waals surface area contributed by atoms with Gasteiger partial charge in [-0.3, -0.25) is 4.57 Å². The molecule has 0 radical (unpaired) electrons. The van der Waals surface area contributed by atoms with E-state index in [2.05, 4.69) is 15.2 Å². The molecule has 2 aromatic heterocycles. The van der Waals surface area contributed by atoms with Gasteiger partial charge in [0.15, 0.2) is 5.16 Å². The third kappa shape index (κ3) is 3.05. The van der Waals surface area contributed by atoms with E-state index >= 15 is 0 Å². The molecule has 2 rings (SSSR count). The number of nitrogens with two attached hydrogens (primary N) is 1. The van der Waals surface area contributed by atoms with Crippen LogP contribution in [0.2, 0.25) is 0 Å². The molecule has 3 N–H and O–H groups in total. The van der Waals surface area contributed by atoms with Crippen molar-refractivity contribution < 1.29 is 0 Å². The molecule has 0 saturated heterocycles. The quantitative estimate of drug-likeness (QED) is 0.889. The minimum absolute atomic E-state index is 0.0466. The molecule has 102 valence electrons. The molecule has 0 aromatic carbocycles. The summed E-state index contributed by atoms with van der Waals surface area (Å²) in [6.45, 7) is 5.79. The van der Waals surface area contributed by atoms with Crippen molar-refractivity contribution in [2.75, 3.05) is 0 Å². The Kier molecular flexibility index (Phi) is 4.06. The average Bonchev–Trinajstić information content (AvgIpc) is 2.70. The lowest BCUT2D eigenvalue weighted by molar-refractivity contribution is 0.534. The molecule has 0 bridgehead atoms. The molecular formula is C12H17N5OS. The van der Waals surface area contributed by atoms with Crippen LogP contribution in [-0.4, -0.2) is 19.7 Å². The molecule has 0 aliphatic carbocycles. The fourth-order valence-electron chi connectivity index (χ4n) is 1.67. The van der Waals surface area contributed by atoms with E-state index < -0.39 is 0 Å². The van der Waals surface area contributed by atoms with Gasteiger partial charge in [0.1, 0.15) is 5.03 Å². The van der Waals surface area contributed by atoms with Crippen LogP contribution < -0.4 is 11.4 Å². The third-order valence-electron chi connectivity index (χ3n) is 2.67. The van der Waals surface area contributed by atoms with Crippen molar-refractivity contribution in [1.29, 1.82) is 0 Å². The molecular weight excluding hydrogens is 262 g/mol. The number of rotatable bonds is 4. The van der Waals surface area contributed by atoms with Gasteiger partial charge in [0.05, 0.1) is 0 Å². The van der Waals surface area contributed by atoms with E-state index in [1.54, 1.807) is 10.8 Å². The maximum Gasteiger partial charge on any atom is 0.344 e. The number of hydrogen-bond acceptors (Lipinski definition) is 5. The number of aromatic nitrogens is 4. The predicted molar refractivity (Wildman–Crippen MR) is 74.2 cm³/mol. The van der Waals surface area contributed by atoms with E-state index in [0.717, 1.165) is 10.6 Å². The zero-order valence-electron chi connectivity index (χ0n) is 11.1. The van der Waals surface area contributed by atoms with Gasteiger partial charge in [-0.1, -0.05) is 0 Å². The van der Waals surface area contributed by atoms with Gasteiger partial charge in [-0.2, -0.15) is 0 Å². The number of nitrogens with one attached hydrogen (secondary N) is 1. The smallest absolute Gasteiger partial charge is 0.324 e. The van der Waals surface area contributed by atoms with Crippen molar-refractivity contribution in [2.24, 2.45) is 5.73 Å². The highest BCUT2D eigenvalue weighted by Crippen LogP contribution is 2.26. The van der Waals surface area contributed by atoms with Gasteiger partial charge < -0.3 is 5.73 Å². The minimum atomic E-state index is -0.208. The van der Waals surface area contributed by atoms with E-state index in [9.17, 15) is 4.79 Å². The first-order chi connectivity index (χ1) is 8.99. The van der Waals surface area contributed by atoms with Crippen LogP contribution in [-0.2, 0) is 0 Å². The number of H-pyrrole nitrogens is 1. The van der Waals surface area contributed by atoms with Crippen LogP contribution >= 0.6 is 11.8 Å². The fraction of sp³-hybridized carbons (Fsp3) is 0.417. The molecule has 2 heterocycles. The average molecular weight is 279 g/mol. The van der Waals surface area contributed by atoms with E-state index in [4.69, 9.17) is 5.73 Å². The molecule has 0 fully saturated rings. The predicted octanol–water partition coefficient (Wildman–Crippen LogP) is 1.72. The first-order valence-corrected chi connectivity index (χ1v) is 6.87. The van der Waals surface area contributed by atoms with E-state index in [-0.39, 0.29) is 17.8 Å². The minimum Gasteiger partial charge on any atom is -0.324 e. The van der Waals surface area contributed by atoms with Crippen LogP contribution in [0.4, 0.5) is 0 Å². The Labute approximate surface area is 115 Å². The second kappa shape index (κ2) is 5.58. The lowest BCUT2D eigenvalue weighted by Gasteiger charge is -2.09. The van der Waals surface area contributed by atoms with Crippen LogP contribution in [0.25, 0.3) is 0 Å². The molecule has 0 aliphatic rings. The largest absolute Gasteiger partial charge is 0.344 e. The molecule has 1 atom stereocenters. The molecule has 6 nitrogen and oxygen atoms in total. The normalized spacial score (nSPS) is 12.9. The molecule has 0 saturated carbocycles. The third-order valence-corrected chi connectivity index (χ3v) is 3.57. The Morgan fingerprint density at radius 2 is 2.16 bits per heavy atom. The van der Waals surface area contributed by atoms with Crippen molar-refractivity contribution in [3.63, 3.8) is 0 Å². The summed E-state index contributed by atoms with van der Waals surface area (Å²) in [6, 6.07) is 3.80. The highest BCUT2D eigenvalue weighted by Gasteiger charge is 2.13. The Morgan fingerprint density at radius 3 is 2.79 bits per heavy atom. The molecule has 0 spiro atoms. The Morgan fingerprint density at radius 1 is 1.42 bits per heavy atom. The van der Waals surface area contributed by atoms with Gasteiger partial charge in [-0.15, -0.1) is 5.10 Å². The van der Waals surface area contributed by atoms with Crippen LogP contribution in [0, 0.1) is 0 Å². The van der Waals surface area contributed by atoms with E-state index in [0.29, 0.717) is 5.16 Å². The SMILES string of the molecule is CC(C)n1c(Sc2cc([C@@H](C)N)ccn2)n[nH]c1=O. The van der Waals surface area contributed by atoms with Crippen LogP contribution in [0.5, 0.6) is 0 Å². The van der Waals surface area contributed by atoms with Crippen molar-refractivity contribution in [2.45, 2.75) is 43.0 Å². The first kappa shape index (κ1) is 13.8. The monoisotopic (exact) mass is 279 g/mol. The van der Waals surface area contributed by atoms with Gasteiger partial charge in [-0.25, -0.2) is 14.9 Å². The van der Waals surface area contributed by atoms with E-state index in [1.807, 2.05) is 32.9 Å². The number of nitrogens with zero attached hydrogens (tertiary/aromatic N) is 3. The second-order valence-electron chi connectivity index (χ2n) is 4.59. The maximum atomic E-state index is 11.6. The Hall–Kier alpha value is -1.60. The van der Waals surface area contributed by atoms with Gasteiger partial charge in [0.2, 0.25) is 0 Å². The Bertz CT molecular complexity index is 617. The van der Waals surface area contributed by atoms with E-state index in [1.165, 1.54) is 11.8 Å². The van der Waals surface area contributed by atoms with Crippen molar-refractivity contribution in [3.8, 4) is 0 Å². The summed E-state index contributed by atoms with van der Waals surface area (Å²) in [7, 11) is 0. The standard InChI is InChI=1S/C12H17N5OS/c1-7(2)17-11(18)15-16-12(17)19-10-6-9(8(3)13)4-5-14-10/h4-8H,13H2,1-3H3,(H,15,18)/t8-/m1/s1. The van der Waals surface area contributed by atoms with Crippen LogP contribution in [0.1, 0.15) is 38.4 Å². The topological polar surface area (TPSA) is 89.6 Å². The second-order valence-corrected chi connectivity index (χ2v) is 5.58. The lowest BCUT2D eigenvalue weighted by Crippen LogP contribution is -2.19. The van der Waals surface area contributed by atoms with Gasteiger partial charge >= 0.3 is 5.69 Å². The maximum absolute atomic E-state index is 11.6.